The molecule has 2 rings (SSSR count). The van der Waals surface area contributed by atoms with E-state index in [1.54, 1.807) is 0 Å². The van der Waals surface area contributed by atoms with E-state index in [1.165, 1.54) is 0 Å². The maximum absolute atomic E-state index is 12.4. The molecule has 0 aliphatic heterocycles. The van der Waals surface area contributed by atoms with Crippen LogP contribution in [0, 0.1) is 11.3 Å². The van der Waals surface area contributed by atoms with E-state index in [9.17, 15) is 9.59 Å². The predicted octanol–water partition coefficient (Wildman–Crippen LogP) is 2.85. The van der Waals surface area contributed by atoms with Crippen molar-refractivity contribution in [1.29, 1.82) is 0 Å². The highest BCUT2D eigenvalue weighted by Crippen LogP contribution is 2.43. The average Bonchev–Trinajstić information content (AvgIpc) is 3.16. The molecule has 5 nitrogen and oxygen atoms in total. The van der Waals surface area contributed by atoms with Gasteiger partial charge in [-0.15, -0.1) is 0 Å². The fourth-order valence-corrected chi connectivity index (χ4v) is 3.01. The van der Waals surface area contributed by atoms with E-state index in [2.05, 4.69) is 19.2 Å². The van der Waals surface area contributed by atoms with Gasteiger partial charge in [-0.25, -0.2) is 4.79 Å². The van der Waals surface area contributed by atoms with E-state index in [0.29, 0.717) is 18.5 Å². The summed E-state index contributed by atoms with van der Waals surface area (Å²) in [4.78, 5) is 25.3. The van der Waals surface area contributed by atoms with Gasteiger partial charge in [-0.05, 0) is 43.4 Å². The van der Waals surface area contributed by atoms with Crippen LogP contribution in [0.4, 0.5) is 4.79 Å². The van der Waals surface area contributed by atoms with Crippen LogP contribution in [0.1, 0.15) is 58.8 Å². The van der Waals surface area contributed by atoms with Crippen LogP contribution < -0.4 is 5.32 Å². The van der Waals surface area contributed by atoms with E-state index in [4.69, 9.17) is 5.11 Å². The zero-order valence-corrected chi connectivity index (χ0v) is 13.2. The molecule has 2 fully saturated rings. The first-order valence-corrected chi connectivity index (χ1v) is 8.18. The van der Waals surface area contributed by atoms with Gasteiger partial charge in [0.1, 0.15) is 0 Å². The zero-order chi connectivity index (χ0) is 15.5. The van der Waals surface area contributed by atoms with Crippen LogP contribution in [0.5, 0.6) is 0 Å². The second kappa shape index (κ2) is 6.67. The molecule has 2 aliphatic carbocycles. The smallest absolute Gasteiger partial charge is 0.317 e. The Kier molecular flexibility index (Phi) is 5.12. The van der Waals surface area contributed by atoms with E-state index >= 15 is 0 Å². The van der Waals surface area contributed by atoms with Gasteiger partial charge in [-0.1, -0.05) is 20.3 Å². The van der Waals surface area contributed by atoms with Crippen LogP contribution in [0.2, 0.25) is 0 Å². The molecular formula is C16H28N2O3. The van der Waals surface area contributed by atoms with E-state index in [1.807, 2.05) is 4.90 Å². The largest absolute Gasteiger partial charge is 0.481 e. The van der Waals surface area contributed by atoms with Gasteiger partial charge in [0.15, 0.2) is 0 Å². The number of carboxylic acid groups (broad SMARTS) is 1. The molecule has 2 amide bonds. The molecule has 0 unspecified atom stereocenters. The Morgan fingerprint density at radius 2 is 2.00 bits per heavy atom. The summed E-state index contributed by atoms with van der Waals surface area (Å²) < 4.78 is 0. The first kappa shape index (κ1) is 16.1. The fraction of sp³-hybridized carbons (Fsp3) is 0.875. The van der Waals surface area contributed by atoms with Gasteiger partial charge in [-0.2, -0.15) is 0 Å². The van der Waals surface area contributed by atoms with Crippen molar-refractivity contribution in [3.05, 3.63) is 0 Å². The number of nitrogens with zero attached hydrogens (tertiary/aromatic N) is 1. The van der Waals surface area contributed by atoms with Gasteiger partial charge in [0, 0.05) is 19.1 Å². The number of carboxylic acids is 1. The van der Waals surface area contributed by atoms with Crippen molar-refractivity contribution >= 4 is 12.0 Å². The molecule has 0 spiro atoms. The third-order valence-electron chi connectivity index (χ3n) is 4.75. The number of hydrogen-bond acceptors (Lipinski definition) is 2. The number of carbonyl (C=O) groups excluding carboxylic acids is 1. The minimum atomic E-state index is -0.761. The van der Waals surface area contributed by atoms with Gasteiger partial charge in [0.25, 0.3) is 0 Å². The number of aliphatic carboxylic acids is 1. The molecule has 0 radical (unpaired) electrons. The molecule has 0 atom stereocenters. The summed E-state index contributed by atoms with van der Waals surface area (Å²) in [6.07, 6.45) is 6.29. The number of amides is 2. The molecule has 120 valence electrons. The zero-order valence-electron chi connectivity index (χ0n) is 13.2. The SMILES string of the molecule is CC(C)CCN(C(=O)NCC1(CC(=O)O)CCC1)C1CC1. The number of carbonyl (C=O) groups is 2. The standard InChI is InChI=1S/C16H28N2O3/c1-12(2)6-9-18(13-4-5-13)15(21)17-11-16(7-3-8-16)10-14(19)20/h12-13H,3-11H2,1-2H3,(H,17,21)(H,19,20). The van der Waals surface area contributed by atoms with Crippen molar-refractivity contribution in [3.63, 3.8) is 0 Å². The lowest BCUT2D eigenvalue weighted by Crippen LogP contribution is -2.48. The molecule has 0 saturated heterocycles. The summed E-state index contributed by atoms with van der Waals surface area (Å²) in [7, 11) is 0. The maximum atomic E-state index is 12.4. The van der Waals surface area contributed by atoms with Crippen LogP contribution in [0.3, 0.4) is 0 Å². The summed E-state index contributed by atoms with van der Waals surface area (Å²) in [6, 6.07) is 0.398. The normalized spacial score (nSPS) is 20.0. The van der Waals surface area contributed by atoms with Crippen molar-refractivity contribution in [1.82, 2.24) is 10.2 Å². The molecule has 0 heterocycles. The molecule has 5 heteroatoms. The van der Waals surface area contributed by atoms with Crippen LogP contribution in [0.15, 0.2) is 0 Å². The number of urea groups is 1. The monoisotopic (exact) mass is 296 g/mol. The summed E-state index contributed by atoms with van der Waals surface area (Å²) in [5.74, 6) is -0.174. The molecular weight excluding hydrogens is 268 g/mol. The second-order valence-corrected chi connectivity index (χ2v) is 7.19. The quantitative estimate of drug-likeness (QED) is 0.723. The Hall–Kier alpha value is -1.26. The Labute approximate surface area is 127 Å². The average molecular weight is 296 g/mol. The van der Waals surface area contributed by atoms with Gasteiger partial charge >= 0.3 is 12.0 Å². The lowest BCUT2D eigenvalue weighted by atomic mass is 9.66. The second-order valence-electron chi connectivity index (χ2n) is 7.19. The van der Waals surface area contributed by atoms with E-state index < -0.39 is 5.97 Å². The first-order valence-electron chi connectivity index (χ1n) is 8.18. The van der Waals surface area contributed by atoms with Crippen molar-refractivity contribution in [2.75, 3.05) is 13.1 Å². The minimum Gasteiger partial charge on any atom is -0.481 e. The summed E-state index contributed by atoms with van der Waals surface area (Å²) in [5, 5.41) is 12.0. The molecule has 0 aromatic carbocycles. The molecule has 2 N–H and O–H groups in total. The van der Waals surface area contributed by atoms with Crippen molar-refractivity contribution in [2.45, 2.75) is 64.8 Å². The van der Waals surface area contributed by atoms with Crippen LogP contribution in [0.25, 0.3) is 0 Å². The fourth-order valence-electron chi connectivity index (χ4n) is 3.01. The third-order valence-corrected chi connectivity index (χ3v) is 4.75. The third kappa shape index (κ3) is 4.61. The molecule has 2 saturated carbocycles. The highest BCUT2D eigenvalue weighted by molar-refractivity contribution is 5.75. The van der Waals surface area contributed by atoms with E-state index in [-0.39, 0.29) is 17.9 Å². The Morgan fingerprint density at radius 3 is 2.43 bits per heavy atom. The van der Waals surface area contributed by atoms with Crippen molar-refractivity contribution in [2.24, 2.45) is 11.3 Å². The first-order chi connectivity index (χ1) is 9.92. The minimum absolute atomic E-state index is 0.00480. The highest BCUT2D eigenvalue weighted by atomic mass is 16.4. The lowest BCUT2D eigenvalue weighted by Gasteiger charge is -2.41. The van der Waals surface area contributed by atoms with Gasteiger partial charge in [0.2, 0.25) is 0 Å². The van der Waals surface area contributed by atoms with Gasteiger partial charge in [0.05, 0.1) is 6.42 Å². The molecule has 0 aromatic heterocycles. The molecule has 0 bridgehead atoms. The Morgan fingerprint density at radius 1 is 1.33 bits per heavy atom. The highest BCUT2D eigenvalue weighted by Gasteiger charge is 2.40. The van der Waals surface area contributed by atoms with E-state index in [0.717, 1.165) is 45.1 Å². The molecule has 2 aliphatic rings. The number of hydrogen-bond donors (Lipinski definition) is 2. The Balaban J connectivity index is 1.82. The van der Waals surface area contributed by atoms with Crippen molar-refractivity contribution < 1.29 is 14.7 Å². The van der Waals surface area contributed by atoms with Crippen LogP contribution in [-0.2, 0) is 4.79 Å². The summed E-state index contributed by atoms with van der Waals surface area (Å²) >= 11 is 0. The predicted molar refractivity (Wildman–Crippen MR) is 81.1 cm³/mol. The molecule has 0 aromatic rings. The summed E-state index contributed by atoms with van der Waals surface area (Å²) in [6.45, 7) is 5.64. The summed E-state index contributed by atoms with van der Waals surface area (Å²) in [5.41, 5.74) is -0.200. The van der Waals surface area contributed by atoms with Crippen molar-refractivity contribution in [3.8, 4) is 0 Å². The van der Waals surface area contributed by atoms with Gasteiger partial charge in [-0.3, -0.25) is 4.79 Å². The lowest BCUT2D eigenvalue weighted by molar-refractivity contribution is -0.141. The topological polar surface area (TPSA) is 69.6 Å². The maximum Gasteiger partial charge on any atom is 0.317 e. The number of rotatable bonds is 8. The number of nitrogens with one attached hydrogen (secondary N) is 1. The molecule has 21 heavy (non-hydrogen) atoms. The van der Waals surface area contributed by atoms with Crippen LogP contribution in [-0.4, -0.2) is 41.1 Å². The Bertz CT molecular complexity index is 387. The van der Waals surface area contributed by atoms with Crippen LogP contribution >= 0.6 is 0 Å². The van der Waals surface area contributed by atoms with Gasteiger partial charge < -0.3 is 15.3 Å².